The van der Waals surface area contributed by atoms with Gasteiger partial charge in [-0.2, -0.15) is 0 Å². The number of piperazine rings is 1. The third-order valence-electron chi connectivity index (χ3n) is 5.46. The maximum atomic E-state index is 6.26. The maximum Gasteiger partial charge on any atom is 0.0408 e. The van der Waals surface area contributed by atoms with Crippen molar-refractivity contribution in [2.24, 2.45) is 5.92 Å². The number of rotatable bonds is 5. The molecule has 1 atom stereocenters. The molecule has 0 amide bonds. The molecule has 1 aromatic carbocycles. The van der Waals surface area contributed by atoms with E-state index in [9.17, 15) is 0 Å². The van der Waals surface area contributed by atoms with Crippen molar-refractivity contribution in [1.29, 1.82) is 0 Å². The van der Waals surface area contributed by atoms with Gasteiger partial charge in [-0.1, -0.05) is 43.0 Å². The molecular weight excluding hydrogens is 363 g/mol. The second-order valence-corrected chi connectivity index (χ2v) is 7.38. The van der Waals surface area contributed by atoms with Crippen LogP contribution >= 0.6 is 36.4 Å². The molecule has 24 heavy (non-hydrogen) atoms. The van der Waals surface area contributed by atoms with Crippen LogP contribution < -0.4 is 5.32 Å². The Morgan fingerprint density at radius 1 is 1.08 bits per heavy atom. The van der Waals surface area contributed by atoms with E-state index in [1.54, 1.807) is 0 Å². The van der Waals surface area contributed by atoms with Crippen LogP contribution in [0.1, 0.15) is 50.0 Å². The minimum Gasteiger partial charge on any atom is -0.314 e. The van der Waals surface area contributed by atoms with Crippen LogP contribution in [0.4, 0.5) is 0 Å². The molecule has 1 saturated carbocycles. The number of halogens is 3. The van der Waals surface area contributed by atoms with Gasteiger partial charge < -0.3 is 10.2 Å². The van der Waals surface area contributed by atoms with Crippen molar-refractivity contribution in [1.82, 2.24) is 10.2 Å². The fraction of sp³-hybridized carbons (Fsp3) is 0.684. The molecule has 1 aromatic rings. The van der Waals surface area contributed by atoms with E-state index in [1.807, 2.05) is 6.07 Å². The molecule has 0 spiro atoms. The average Bonchev–Trinajstić information content (AvgIpc) is 2.57. The zero-order valence-electron chi connectivity index (χ0n) is 14.4. The standard InChI is InChI=1S/C19H29ClN2.2ClH/c20-18-8-4-7-17(15-18)19(16-5-2-1-3-6-16)9-12-22-13-10-21-11-14-22;;/h4,7-8,15-16,19,21H,1-3,5-6,9-14H2;2*1H. The van der Waals surface area contributed by atoms with Crippen LogP contribution in [0.5, 0.6) is 0 Å². The third kappa shape index (κ3) is 6.38. The molecule has 1 N–H and O–H groups in total. The molecule has 1 aliphatic carbocycles. The van der Waals surface area contributed by atoms with Crippen LogP contribution in [0, 0.1) is 5.92 Å². The second-order valence-electron chi connectivity index (χ2n) is 6.94. The van der Waals surface area contributed by atoms with Crippen molar-refractivity contribution in [2.45, 2.75) is 44.4 Å². The quantitative estimate of drug-likeness (QED) is 0.744. The molecular formula is C19H31Cl3N2. The number of hydrogen-bond donors (Lipinski definition) is 1. The van der Waals surface area contributed by atoms with Gasteiger partial charge in [-0.25, -0.2) is 0 Å². The Labute approximate surface area is 164 Å². The Morgan fingerprint density at radius 2 is 1.79 bits per heavy atom. The SMILES string of the molecule is Cl.Cl.Clc1cccc(C(CCN2CCNCC2)C2CCCCC2)c1. The first-order valence-electron chi connectivity index (χ1n) is 9.01. The molecule has 1 aliphatic heterocycles. The van der Waals surface area contributed by atoms with Crippen LogP contribution in [-0.4, -0.2) is 37.6 Å². The summed E-state index contributed by atoms with van der Waals surface area (Å²) in [4.78, 5) is 2.62. The predicted molar refractivity (Wildman–Crippen MR) is 109 cm³/mol. The van der Waals surface area contributed by atoms with Crippen molar-refractivity contribution < 1.29 is 0 Å². The smallest absolute Gasteiger partial charge is 0.0408 e. The lowest BCUT2D eigenvalue weighted by Gasteiger charge is -2.34. The Balaban J connectivity index is 0.00000144. The lowest BCUT2D eigenvalue weighted by Crippen LogP contribution is -2.44. The number of hydrogen-bond acceptors (Lipinski definition) is 2. The minimum atomic E-state index is 0. The summed E-state index contributed by atoms with van der Waals surface area (Å²) in [6.45, 7) is 5.92. The summed E-state index contributed by atoms with van der Waals surface area (Å²) in [6, 6.07) is 8.62. The summed E-state index contributed by atoms with van der Waals surface area (Å²) in [6.07, 6.45) is 8.34. The summed E-state index contributed by atoms with van der Waals surface area (Å²) in [5, 5.41) is 4.34. The molecule has 1 heterocycles. The van der Waals surface area contributed by atoms with Gasteiger partial charge in [0.25, 0.3) is 0 Å². The summed E-state index contributed by atoms with van der Waals surface area (Å²) in [7, 11) is 0. The van der Waals surface area contributed by atoms with E-state index in [0.29, 0.717) is 5.92 Å². The van der Waals surface area contributed by atoms with Gasteiger partial charge in [0.1, 0.15) is 0 Å². The lowest BCUT2D eigenvalue weighted by molar-refractivity contribution is 0.211. The van der Waals surface area contributed by atoms with Gasteiger partial charge in [0, 0.05) is 31.2 Å². The van der Waals surface area contributed by atoms with Crippen LogP contribution in [0.15, 0.2) is 24.3 Å². The minimum absolute atomic E-state index is 0. The number of nitrogens with one attached hydrogen (secondary N) is 1. The molecule has 2 nitrogen and oxygen atoms in total. The first-order valence-corrected chi connectivity index (χ1v) is 9.39. The predicted octanol–water partition coefficient (Wildman–Crippen LogP) is 5.14. The Morgan fingerprint density at radius 3 is 2.46 bits per heavy atom. The van der Waals surface area contributed by atoms with Gasteiger partial charge in [0.15, 0.2) is 0 Å². The highest BCUT2D eigenvalue weighted by atomic mass is 35.5. The van der Waals surface area contributed by atoms with Crippen LogP contribution in [0.25, 0.3) is 0 Å². The molecule has 0 bridgehead atoms. The van der Waals surface area contributed by atoms with Gasteiger partial charge in [-0.15, -0.1) is 24.8 Å². The first-order chi connectivity index (χ1) is 10.8. The van der Waals surface area contributed by atoms with E-state index in [0.717, 1.165) is 24.0 Å². The van der Waals surface area contributed by atoms with Gasteiger partial charge >= 0.3 is 0 Å². The Kier molecular flexibility index (Phi) is 10.7. The topological polar surface area (TPSA) is 15.3 Å². The van der Waals surface area contributed by atoms with Gasteiger partial charge in [-0.05, 0) is 55.3 Å². The van der Waals surface area contributed by atoms with E-state index >= 15 is 0 Å². The van der Waals surface area contributed by atoms with Gasteiger partial charge in [-0.3, -0.25) is 0 Å². The Hall–Kier alpha value is 0.01000. The molecule has 0 radical (unpaired) electrons. The largest absolute Gasteiger partial charge is 0.314 e. The Bertz CT molecular complexity index is 458. The fourth-order valence-electron chi connectivity index (χ4n) is 4.20. The normalized spacial score (nSPS) is 20.7. The lowest BCUT2D eigenvalue weighted by atomic mass is 9.75. The van der Waals surface area contributed by atoms with Crippen LogP contribution in [0.3, 0.4) is 0 Å². The molecule has 138 valence electrons. The highest BCUT2D eigenvalue weighted by molar-refractivity contribution is 6.30. The summed E-state index contributed by atoms with van der Waals surface area (Å²) >= 11 is 6.26. The summed E-state index contributed by atoms with van der Waals surface area (Å²) < 4.78 is 0. The molecule has 2 aliphatic rings. The molecule has 2 fully saturated rings. The molecule has 0 aromatic heterocycles. The van der Waals surface area contributed by atoms with E-state index in [2.05, 4.69) is 28.4 Å². The van der Waals surface area contributed by atoms with Gasteiger partial charge in [0.2, 0.25) is 0 Å². The van der Waals surface area contributed by atoms with E-state index in [1.165, 1.54) is 63.7 Å². The van der Waals surface area contributed by atoms with Crippen molar-refractivity contribution in [3.63, 3.8) is 0 Å². The van der Waals surface area contributed by atoms with Crippen LogP contribution in [-0.2, 0) is 0 Å². The van der Waals surface area contributed by atoms with E-state index in [-0.39, 0.29) is 24.8 Å². The van der Waals surface area contributed by atoms with E-state index < -0.39 is 0 Å². The van der Waals surface area contributed by atoms with Crippen molar-refractivity contribution in [3.05, 3.63) is 34.9 Å². The second kappa shape index (κ2) is 11.6. The average molecular weight is 394 g/mol. The maximum absolute atomic E-state index is 6.26. The third-order valence-corrected chi connectivity index (χ3v) is 5.70. The zero-order valence-corrected chi connectivity index (χ0v) is 16.8. The van der Waals surface area contributed by atoms with Gasteiger partial charge in [0.05, 0.1) is 0 Å². The van der Waals surface area contributed by atoms with Crippen LogP contribution in [0.2, 0.25) is 5.02 Å². The number of benzene rings is 1. The monoisotopic (exact) mass is 392 g/mol. The zero-order chi connectivity index (χ0) is 15.2. The van der Waals surface area contributed by atoms with Crippen molar-refractivity contribution in [3.8, 4) is 0 Å². The first kappa shape index (κ1) is 22.1. The molecule has 1 unspecified atom stereocenters. The highest BCUT2D eigenvalue weighted by Gasteiger charge is 2.26. The molecule has 1 saturated heterocycles. The van der Waals surface area contributed by atoms with E-state index in [4.69, 9.17) is 11.6 Å². The molecule has 5 heteroatoms. The fourth-order valence-corrected chi connectivity index (χ4v) is 4.40. The van der Waals surface area contributed by atoms with Crippen molar-refractivity contribution >= 4 is 36.4 Å². The molecule has 3 rings (SSSR count). The highest BCUT2D eigenvalue weighted by Crippen LogP contribution is 2.38. The summed E-state index contributed by atoms with van der Waals surface area (Å²) in [5.41, 5.74) is 1.47. The number of nitrogens with zero attached hydrogens (tertiary/aromatic N) is 1. The summed E-state index contributed by atoms with van der Waals surface area (Å²) in [5.74, 6) is 1.55. The van der Waals surface area contributed by atoms with Crippen molar-refractivity contribution in [2.75, 3.05) is 32.7 Å².